The van der Waals surface area contributed by atoms with Crippen LogP contribution in [0.1, 0.15) is 56.4 Å². The molecule has 0 aliphatic heterocycles. The van der Waals surface area contributed by atoms with Gasteiger partial charge < -0.3 is 4.74 Å². The van der Waals surface area contributed by atoms with Crippen molar-refractivity contribution in [1.82, 2.24) is 5.43 Å². The average molecular weight is 256 g/mol. The second kappa shape index (κ2) is 8.50. The van der Waals surface area contributed by atoms with Crippen molar-refractivity contribution in [3.8, 4) is 5.75 Å². The highest BCUT2D eigenvalue weighted by molar-refractivity contribution is 7.10. The Labute approximate surface area is 108 Å². The molecule has 0 aliphatic rings. The van der Waals surface area contributed by atoms with Crippen molar-refractivity contribution in [3.63, 3.8) is 0 Å². The van der Waals surface area contributed by atoms with Crippen molar-refractivity contribution in [2.24, 2.45) is 5.84 Å². The Hall–Kier alpha value is -0.580. The minimum atomic E-state index is 0.269. The first-order valence-corrected chi connectivity index (χ1v) is 7.28. The summed E-state index contributed by atoms with van der Waals surface area (Å²) in [5.74, 6) is 6.54. The lowest BCUT2D eigenvalue weighted by Crippen LogP contribution is -2.27. The van der Waals surface area contributed by atoms with Gasteiger partial charge in [-0.2, -0.15) is 0 Å². The van der Waals surface area contributed by atoms with Crippen LogP contribution in [-0.2, 0) is 0 Å². The Morgan fingerprint density at radius 2 is 2.12 bits per heavy atom. The molecule has 0 bridgehead atoms. The Morgan fingerprint density at radius 3 is 2.71 bits per heavy atom. The van der Waals surface area contributed by atoms with Gasteiger partial charge in [-0.3, -0.25) is 11.3 Å². The first-order chi connectivity index (χ1) is 8.31. The minimum Gasteiger partial charge on any atom is -0.496 e. The molecular formula is C13H24N2OS. The van der Waals surface area contributed by atoms with E-state index in [9.17, 15) is 0 Å². The highest BCUT2D eigenvalue weighted by atomic mass is 32.1. The second-order valence-electron chi connectivity index (χ2n) is 4.31. The van der Waals surface area contributed by atoms with E-state index in [-0.39, 0.29) is 6.04 Å². The molecule has 1 atom stereocenters. The fraction of sp³-hybridized carbons (Fsp3) is 0.692. The van der Waals surface area contributed by atoms with E-state index in [1.54, 1.807) is 18.4 Å². The van der Waals surface area contributed by atoms with Crippen molar-refractivity contribution in [2.45, 2.75) is 51.5 Å². The quantitative estimate of drug-likeness (QED) is 0.403. The van der Waals surface area contributed by atoms with Crippen LogP contribution in [-0.4, -0.2) is 7.11 Å². The molecule has 1 aromatic rings. The summed E-state index contributed by atoms with van der Waals surface area (Å²) in [6, 6.07) is 2.34. The summed E-state index contributed by atoms with van der Waals surface area (Å²) in [6.45, 7) is 2.24. The van der Waals surface area contributed by atoms with Crippen molar-refractivity contribution in [1.29, 1.82) is 0 Å². The number of methoxy groups -OCH3 is 1. The zero-order chi connectivity index (χ0) is 12.5. The third-order valence-electron chi connectivity index (χ3n) is 2.97. The second-order valence-corrected chi connectivity index (χ2v) is 5.25. The maximum absolute atomic E-state index is 5.61. The van der Waals surface area contributed by atoms with Gasteiger partial charge in [0.25, 0.3) is 0 Å². The predicted molar refractivity (Wildman–Crippen MR) is 74.3 cm³/mol. The molecular weight excluding hydrogens is 232 g/mol. The molecule has 1 aromatic heterocycles. The van der Waals surface area contributed by atoms with E-state index in [1.807, 2.05) is 5.38 Å². The maximum atomic E-state index is 5.61. The SMILES string of the molecule is CCCCCCCC(NN)c1cc(OC)cs1. The number of hydrogen-bond acceptors (Lipinski definition) is 4. The Bertz CT molecular complexity index is 301. The summed E-state index contributed by atoms with van der Waals surface area (Å²) >= 11 is 1.71. The molecule has 1 heterocycles. The van der Waals surface area contributed by atoms with Gasteiger partial charge in [0, 0.05) is 10.3 Å². The number of thiophene rings is 1. The van der Waals surface area contributed by atoms with Crippen LogP contribution in [0.25, 0.3) is 0 Å². The molecule has 98 valence electrons. The van der Waals surface area contributed by atoms with Crippen LogP contribution in [0.15, 0.2) is 11.4 Å². The lowest BCUT2D eigenvalue weighted by molar-refractivity contribution is 0.415. The molecule has 0 saturated carbocycles. The Kier molecular flexibility index (Phi) is 7.24. The van der Waals surface area contributed by atoms with Gasteiger partial charge in [-0.15, -0.1) is 11.3 Å². The fourth-order valence-electron chi connectivity index (χ4n) is 1.88. The van der Waals surface area contributed by atoms with E-state index in [4.69, 9.17) is 10.6 Å². The van der Waals surface area contributed by atoms with Gasteiger partial charge in [-0.1, -0.05) is 39.0 Å². The van der Waals surface area contributed by atoms with Crippen LogP contribution in [0.2, 0.25) is 0 Å². The highest BCUT2D eigenvalue weighted by Gasteiger charge is 2.12. The molecule has 17 heavy (non-hydrogen) atoms. The number of hydrogen-bond donors (Lipinski definition) is 2. The first kappa shape index (κ1) is 14.5. The maximum Gasteiger partial charge on any atom is 0.129 e. The van der Waals surface area contributed by atoms with Gasteiger partial charge in [-0.25, -0.2) is 0 Å². The van der Waals surface area contributed by atoms with E-state index >= 15 is 0 Å². The van der Waals surface area contributed by atoms with Crippen LogP contribution < -0.4 is 16.0 Å². The number of nitrogens with one attached hydrogen (secondary N) is 1. The lowest BCUT2D eigenvalue weighted by atomic mass is 10.1. The van der Waals surface area contributed by atoms with Crippen LogP contribution >= 0.6 is 11.3 Å². The monoisotopic (exact) mass is 256 g/mol. The fourth-order valence-corrected chi connectivity index (χ4v) is 2.83. The van der Waals surface area contributed by atoms with E-state index < -0.39 is 0 Å². The molecule has 4 heteroatoms. The molecule has 1 rings (SSSR count). The third kappa shape index (κ3) is 5.06. The Balaban J connectivity index is 2.32. The van der Waals surface area contributed by atoms with Gasteiger partial charge in [-0.05, 0) is 12.5 Å². The summed E-state index contributed by atoms with van der Waals surface area (Å²) in [4.78, 5) is 1.26. The van der Waals surface area contributed by atoms with Crippen LogP contribution in [0.5, 0.6) is 5.75 Å². The molecule has 0 spiro atoms. The summed E-state index contributed by atoms with van der Waals surface area (Å²) in [5.41, 5.74) is 2.90. The number of unbranched alkanes of at least 4 members (excludes halogenated alkanes) is 4. The molecule has 3 N–H and O–H groups in total. The predicted octanol–water partition coefficient (Wildman–Crippen LogP) is 3.62. The third-order valence-corrected chi connectivity index (χ3v) is 4.00. The zero-order valence-electron chi connectivity index (χ0n) is 10.9. The lowest BCUT2D eigenvalue weighted by Gasteiger charge is -2.13. The number of ether oxygens (including phenoxy) is 1. The summed E-state index contributed by atoms with van der Waals surface area (Å²) in [6.07, 6.45) is 7.60. The van der Waals surface area contributed by atoms with Crippen LogP contribution in [0.4, 0.5) is 0 Å². The topological polar surface area (TPSA) is 47.3 Å². The normalized spacial score (nSPS) is 12.6. The van der Waals surface area contributed by atoms with Gasteiger partial charge in [0.1, 0.15) is 5.75 Å². The molecule has 0 saturated heterocycles. The van der Waals surface area contributed by atoms with Crippen LogP contribution in [0, 0.1) is 0 Å². The highest BCUT2D eigenvalue weighted by Crippen LogP contribution is 2.29. The standard InChI is InChI=1S/C13H24N2OS/c1-3-4-5-6-7-8-12(15-14)13-9-11(16-2)10-17-13/h9-10,12,15H,3-8,14H2,1-2H3. The number of rotatable bonds is 9. The molecule has 3 nitrogen and oxygen atoms in total. The van der Waals surface area contributed by atoms with Crippen molar-refractivity contribution in [3.05, 3.63) is 16.3 Å². The largest absolute Gasteiger partial charge is 0.496 e. The number of nitrogens with two attached hydrogens (primary N) is 1. The zero-order valence-corrected chi connectivity index (χ0v) is 11.7. The van der Waals surface area contributed by atoms with Crippen molar-refractivity contribution < 1.29 is 4.74 Å². The van der Waals surface area contributed by atoms with E-state index in [1.165, 1.54) is 37.0 Å². The van der Waals surface area contributed by atoms with E-state index in [2.05, 4.69) is 18.4 Å². The van der Waals surface area contributed by atoms with Gasteiger partial charge in [0.2, 0.25) is 0 Å². The summed E-state index contributed by atoms with van der Waals surface area (Å²) < 4.78 is 5.19. The molecule has 0 aliphatic carbocycles. The van der Waals surface area contributed by atoms with Gasteiger partial charge in [0.15, 0.2) is 0 Å². The van der Waals surface area contributed by atoms with Crippen LogP contribution in [0.3, 0.4) is 0 Å². The summed E-state index contributed by atoms with van der Waals surface area (Å²) in [7, 11) is 1.70. The molecule has 0 fully saturated rings. The van der Waals surface area contributed by atoms with Gasteiger partial charge in [0.05, 0.1) is 13.2 Å². The number of hydrazine groups is 1. The summed E-state index contributed by atoms with van der Waals surface area (Å²) in [5, 5.41) is 2.02. The van der Waals surface area contributed by atoms with Crippen molar-refractivity contribution in [2.75, 3.05) is 7.11 Å². The molecule has 0 aromatic carbocycles. The van der Waals surface area contributed by atoms with Crippen molar-refractivity contribution >= 4 is 11.3 Å². The van der Waals surface area contributed by atoms with E-state index in [0.29, 0.717) is 0 Å². The average Bonchev–Trinajstić information content (AvgIpc) is 2.82. The molecule has 0 amide bonds. The Morgan fingerprint density at radius 1 is 1.35 bits per heavy atom. The molecule has 0 radical (unpaired) electrons. The van der Waals surface area contributed by atoms with E-state index in [0.717, 1.165) is 12.2 Å². The smallest absolute Gasteiger partial charge is 0.129 e. The first-order valence-electron chi connectivity index (χ1n) is 6.40. The molecule has 1 unspecified atom stereocenters. The van der Waals surface area contributed by atoms with Gasteiger partial charge >= 0.3 is 0 Å². The minimum absolute atomic E-state index is 0.269.